The van der Waals surface area contributed by atoms with Crippen LogP contribution in [0.15, 0.2) is 0 Å². The van der Waals surface area contributed by atoms with E-state index >= 15 is 0 Å². The first-order valence-electron chi connectivity index (χ1n) is 4.56. The fourth-order valence-electron chi connectivity index (χ4n) is 0.579. The predicted octanol–water partition coefficient (Wildman–Crippen LogP) is 0.984. The Hall–Kier alpha value is -1.79. The minimum Gasteiger partial charge on any atom is -0.349 e. The summed E-state index contributed by atoms with van der Waals surface area (Å²) < 4.78 is 80.8. The molecule has 0 atom stereocenters. The third kappa shape index (κ3) is 4.61. The molecular weight excluding hydrogens is 338 g/mol. The highest BCUT2D eigenvalue weighted by molar-refractivity contribution is 7.90. The number of halogens is 6. The summed E-state index contributed by atoms with van der Waals surface area (Å²) in [5.41, 5.74) is 0. The van der Waals surface area contributed by atoms with Crippen LogP contribution >= 0.6 is 12.3 Å². The summed E-state index contributed by atoms with van der Waals surface area (Å²) in [6, 6.07) is 0. The second-order valence-corrected chi connectivity index (χ2v) is 3.54. The summed E-state index contributed by atoms with van der Waals surface area (Å²) in [7, 11) is 0. The molecule has 0 unspecified atom stereocenters. The van der Waals surface area contributed by atoms with Crippen molar-refractivity contribution in [2.75, 3.05) is 13.3 Å². The van der Waals surface area contributed by atoms with Crippen LogP contribution in [-0.4, -0.2) is 48.7 Å². The molecule has 6 nitrogen and oxygen atoms in total. The van der Waals surface area contributed by atoms with Gasteiger partial charge in [-0.1, -0.05) is 0 Å². The number of hydrogen-bond acceptors (Lipinski definition) is 7. The van der Waals surface area contributed by atoms with Crippen LogP contribution in [0.1, 0.15) is 0 Å². The molecule has 0 fully saturated rings. The van der Waals surface area contributed by atoms with Crippen LogP contribution < -0.4 is 0 Å². The van der Waals surface area contributed by atoms with Gasteiger partial charge in [-0.25, -0.2) is 18.4 Å². The Morgan fingerprint density at radius 1 is 0.762 bits per heavy atom. The number of rotatable bonds is 8. The Balaban J connectivity index is 4.52. The van der Waals surface area contributed by atoms with Crippen LogP contribution in [0.3, 0.4) is 0 Å². The van der Waals surface area contributed by atoms with Gasteiger partial charge in [-0.15, -0.1) is 0 Å². The highest BCUT2D eigenvalue weighted by Crippen LogP contribution is 2.24. The molecule has 0 aromatic rings. The SMILES string of the molecule is O=C(CF)C(F)(F)C(=O)OSOC(=O)C(F)(F)C(=O)CF. The van der Waals surface area contributed by atoms with Gasteiger partial charge < -0.3 is 8.37 Å². The van der Waals surface area contributed by atoms with Crippen molar-refractivity contribution in [1.29, 1.82) is 0 Å². The minimum atomic E-state index is -4.93. The van der Waals surface area contributed by atoms with Crippen molar-refractivity contribution in [3.8, 4) is 0 Å². The van der Waals surface area contributed by atoms with Gasteiger partial charge in [0.15, 0.2) is 13.3 Å². The summed E-state index contributed by atoms with van der Waals surface area (Å²) in [5, 5.41) is 0. The molecule has 0 N–H and O–H groups in total. The lowest BCUT2D eigenvalue weighted by Crippen LogP contribution is -2.41. The number of alkyl halides is 6. The van der Waals surface area contributed by atoms with Crippen LogP contribution in [0.25, 0.3) is 0 Å². The van der Waals surface area contributed by atoms with Crippen molar-refractivity contribution in [2.45, 2.75) is 11.8 Å². The van der Waals surface area contributed by atoms with Gasteiger partial charge in [0.25, 0.3) is 12.3 Å². The average molecular weight is 342 g/mol. The lowest BCUT2D eigenvalue weighted by atomic mass is 10.2. The van der Waals surface area contributed by atoms with E-state index in [9.17, 15) is 45.5 Å². The first kappa shape index (κ1) is 19.2. The van der Waals surface area contributed by atoms with Gasteiger partial charge in [0.1, 0.15) is 0 Å². The van der Waals surface area contributed by atoms with Gasteiger partial charge in [-0.05, 0) is 0 Å². The van der Waals surface area contributed by atoms with Gasteiger partial charge >= 0.3 is 23.8 Å². The van der Waals surface area contributed by atoms with Crippen molar-refractivity contribution < 1.29 is 53.9 Å². The van der Waals surface area contributed by atoms with Gasteiger partial charge in [-0.3, -0.25) is 9.59 Å². The standard InChI is InChI=1S/C8H4F6O6S/c9-1-3(15)7(11,12)5(17)19-21-20-6(18)8(13,14)4(16)2-10/h1-2H2. The van der Waals surface area contributed by atoms with E-state index in [1.807, 2.05) is 0 Å². The number of Topliss-reactive ketones (excluding diaryl/α,β-unsaturated/α-hetero) is 2. The molecule has 0 aromatic carbocycles. The number of ketones is 2. The molecule has 120 valence electrons. The Morgan fingerprint density at radius 2 is 1.05 bits per heavy atom. The van der Waals surface area contributed by atoms with Gasteiger partial charge in [0.2, 0.25) is 11.6 Å². The second-order valence-electron chi connectivity index (χ2n) is 3.07. The Kier molecular flexibility index (Phi) is 6.66. The second kappa shape index (κ2) is 7.28. The first-order chi connectivity index (χ1) is 9.51. The lowest BCUT2D eigenvalue weighted by molar-refractivity contribution is -0.170. The van der Waals surface area contributed by atoms with Crippen LogP contribution in [-0.2, 0) is 27.5 Å². The maximum atomic E-state index is 12.7. The monoisotopic (exact) mass is 342 g/mol. The Bertz CT molecular complexity index is 413. The minimum absolute atomic E-state index is 1.03. The molecule has 0 rings (SSSR count). The zero-order chi connectivity index (χ0) is 16.8. The molecule has 21 heavy (non-hydrogen) atoms. The summed E-state index contributed by atoms with van der Waals surface area (Å²) in [6.45, 7) is -4.43. The highest BCUT2D eigenvalue weighted by atomic mass is 32.2. The molecule has 0 aromatic heterocycles. The van der Waals surface area contributed by atoms with Crippen LogP contribution in [0.2, 0.25) is 0 Å². The molecule has 0 spiro atoms. The quantitative estimate of drug-likeness (QED) is 0.369. The summed E-state index contributed by atoms with van der Waals surface area (Å²) in [4.78, 5) is 41.8. The third-order valence-electron chi connectivity index (χ3n) is 1.68. The smallest absolute Gasteiger partial charge is 0.349 e. The molecule has 0 radical (unpaired) electrons. The van der Waals surface area contributed by atoms with Crippen molar-refractivity contribution in [3.05, 3.63) is 0 Å². The van der Waals surface area contributed by atoms with E-state index in [-0.39, 0.29) is 0 Å². The predicted molar refractivity (Wildman–Crippen MR) is 51.6 cm³/mol. The van der Waals surface area contributed by atoms with E-state index < -0.39 is 61.0 Å². The molecule has 0 saturated carbocycles. The molecule has 0 bridgehead atoms. The van der Waals surface area contributed by atoms with Gasteiger partial charge in [-0.2, -0.15) is 17.6 Å². The van der Waals surface area contributed by atoms with Crippen molar-refractivity contribution >= 4 is 35.8 Å². The third-order valence-corrected chi connectivity index (χ3v) is 2.11. The Labute approximate surface area is 116 Å². The molecule has 0 aliphatic heterocycles. The maximum absolute atomic E-state index is 12.7. The summed E-state index contributed by atoms with van der Waals surface area (Å²) >= 11 is -1.03. The molecule has 13 heteroatoms. The number of carbonyl (C=O) groups is 4. The van der Waals surface area contributed by atoms with E-state index in [1.165, 1.54) is 0 Å². The van der Waals surface area contributed by atoms with Gasteiger partial charge in [0.05, 0.1) is 0 Å². The number of carbonyl (C=O) groups excluding carboxylic acids is 4. The van der Waals surface area contributed by atoms with Crippen molar-refractivity contribution in [3.63, 3.8) is 0 Å². The van der Waals surface area contributed by atoms with Crippen molar-refractivity contribution in [2.24, 2.45) is 0 Å². The van der Waals surface area contributed by atoms with E-state index in [2.05, 4.69) is 8.37 Å². The summed E-state index contributed by atoms with van der Waals surface area (Å²) in [5.74, 6) is -20.2. The average Bonchev–Trinajstić information content (AvgIpc) is 2.44. The fourth-order valence-corrected chi connectivity index (χ4v) is 0.946. The molecule has 0 aliphatic rings. The first-order valence-corrected chi connectivity index (χ1v) is 5.22. The fraction of sp³-hybridized carbons (Fsp3) is 0.500. The van der Waals surface area contributed by atoms with E-state index in [0.717, 1.165) is 0 Å². The van der Waals surface area contributed by atoms with Crippen molar-refractivity contribution in [1.82, 2.24) is 0 Å². The molecule has 0 amide bonds. The topological polar surface area (TPSA) is 86.7 Å². The number of hydrogen-bond donors (Lipinski definition) is 0. The molecule has 0 heterocycles. The zero-order valence-corrected chi connectivity index (χ0v) is 10.4. The normalized spacial score (nSPS) is 11.7. The van der Waals surface area contributed by atoms with Crippen LogP contribution in [0.5, 0.6) is 0 Å². The molecular formula is C8H4F6O6S. The summed E-state index contributed by atoms with van der Waals surface area (Å²) in [6.07, 6.45) is 0. The lowest BCUT2D eigenvalue weighted by Gasteiger charge is -2.12. The van der Waals surface area contributed by atoms with Crippen LogP contribution in [0, 0.1) is 0 Å². The van der Waals surface area contributed by atoms with E-state index in [0.29, 0.717) is 0 Å². The van der Waals surface area contributed by atoms with E-state index in [1.54, 1.807) is 0 Å². The molecule has 0 saturated heterocycles. The maximum Gasteiger partial charge on any atom is 0.403 e. The van der Waals surface area contributed by atoms with E-state index in [4.69, 9.17) is 0 Å². The zero-order valence-electron chi connectivity index (χ0n) is 9.54. The largest absolute Gasteiger partial charge is 0.403 e. The molecule has 0 aliphatic carbocycles. The Morgan fingerprint density at radius 3 is 1.29 bits per heavy atom. The van der Waals surface area contributed by atoms with Crippen LogP contribution in [0.4, 0.5) is 26.3 Å². The van der Waals surface area contributed by atoms with Gasteiger partial charge in [0, 0.05) is 0 Å². The highest BCUT2D eigenvalue weighted by Gasteiger charge is 2.51.